The van der Waals surface area contributed by atoms with E-state index in [0.29, 0.717) is 136 Å². The Morgan fingerprint density at radius 1 is 0.553 bits per heavy atom. The Balaban J connectivity index is 0.000000133. The Bertz CT molecular complexity index is 5110. The Hall–Kier alpha value is -11.5. The second-order valence-corrected chi connectivity index (χ2v) is 29.4. The molecule has 114 heavy (non-hydrogen) atoms. The van der Waals surface area contributed by atoms with Crippen LogP contribution in [0.25, 0.3) is 9.51 Å². The lowest BCUT2D eigenvalue weighted by Gasteiger charge is -2.26. The molecule has 16 rings (SSSR count). The van der Waals surface area contributed by atoms with Crippen molar-refractivity contribution >= 4 is 145 Å². The number of benzene rings is 4. The minimum absolute atomic E-state index is 0.0151. The van der Waals surface area contributed by atoms with Crippen molar-refractivity contribution < 1.29 is 66.2 Å². The van der Waals surface area contributed by atoms with E-state index in [9.17, 15) is 49.6 Å². The molecule has 8 aliphatic rings. The molecule has 4 aromatic heterocycles. The number of ether oxygens (including phenoxy) is 4. The van der Waals surface area contributed by atoms with Gasteiger partial charge in [-0.2, -0.15) is 41.4 Å². The number of carbonyl (C=O) groups is 4. The number of fused-ring (bicyclic) bond motifs is 4. The molecule has 0 saturated carbocycles. The summed E-state index contributed by atoms with van der Waals surface area (Å²) in [6, 6.07) is 27.6. The van der Waals surface area contributed by atoms with Crippen LogP contribution in [0.1, 0.15) is 127 Å². The van der Waals surface area contributed by atoms with Gasteiger partial charge in [0.15, 0.2) is 23.3 Å². The molecule has 4 fully saturated rings. The lowest BCUT2D eigenvalue weighted by molar-refractivity contribution is 0.0341. The first-order chi connectivity index (χ1) is 54.9. The van der Waals surface area contributed by atoms with Crippen LogP contribution in [-0.2, 0) is 34.9 Å². The first-order valence-electron chi connectivity index (χ1n) is 36.7. The Morgan fingerprint density at radius 2 is 0.930 bits per heavy atom. The van der Waals surface area contributed by atoms with Gasteiger partial charge in [-0.05, 0) is 129 Å². The number of rotatable bonds is 16. The summed E-state index contributed by atoms with van der Waals surface area (Å²) in [7, 11) is -0.936. The molecule has 584 valence electrons. The second kappa shape index (κ2) is 35.3. The van der Waals surface area contributed by atoms with Crippen molar-refractivity contribution in [1.29, 1.82) is 21.0 Å². The van der Waals surface area contributed by atoms with Crippen LogP contribution in [0.2, 0.25) is 20.5 Å². The van der Waals surface area contributed by atoms with Crippen LogP contribution in [0.5, 0.6) is 11.5 Å². The zero-order chi connectivity index (χ0) is 80.8. The summed E-state index contributed by atoms with van der Waals surface area (Å²) in [6.07, 6.45) is 8.39. The predicted octanol–water partition coefficient (Wildman–Crippen LogP) is 8.00. The molecule has 0 bridgehead atoms. The minimum atomic E-state index is -0.936. The van der Waals surface area contributed by atoms with Gasteiger partial charge in [0, 0.05) is 94.6 Å². The van der Waals surface area contributed by atoms with E-state index in [0.717, 1.165) is 43.6 Å². The molecule has 0 spiro atoms. The number of aromatic nitrogens is 8. The summed E-state index contributed by atoms with van der Waals surface area (Å²) in [6.45, 7) is 11.0. The van der Waals surface area contributed by atoms with Crippen molar-refractivity contribution in [3.8, 4) is 35.8 Å². The summed E-state index contributed by atoms with van der Waals surface area (Å²) in [4.78, 5) is 47.8. The Kier molecular flexibility index (Phi) is 24.9. The lowest BCUT2D eigenvalue weighted by atomic mass is 9.64. The van der Waals surface area contributed by atoms with Crippen molar-refractivity contribution in [2.75, 3.05) is 74.1 Å². The Morgan fingerprint density at radius 3 is 1.34 bits per heavy atom. The van der Waals surface area contributed by atoms with Gasteiger partial charge >= 0.3 is 27.9 Å². The molecule has 1 unspecified atom stereocenters. The Labute approximate surface area is 668 Å². The van der Waals surface area contributed by atoms with E-state index < -0.39 is 30.7 Å². The van der Waals surface area contributed by atoms with Crippen molar-refractivity contribution in [3.05, 3.63) is 154 Å². The number of carbonyl (C=O) groups excluding carboxylic acids is 4. The van der Waals surface area contributed by atoms with Gasteiger partial charge in [-0.25, -0.2) is 4.39 Å². The number of halogens is 3. The monoisotopic (exact) mass is 1630 g/mol. The standard InChI is InChI=1S/C19H19BBrN5O3.C19H19BClN5O3.C18H19BFN5O3.C18H20BN5O4/c2*1-20-7-15(21)13-6-12(2-3-17(13)29-20)24-19-14(18(23)27)9-26(25-19)16-10-28-5-4-11(16)8-22;1-19-16-11(8-28-19)4-12(5-14(16)20)23-18-13(17(22)26)7-25(24-18)15-9-27-3-2-10(15)6-21;1-10-13-6-12(2-3-15(13)19(26)28-10)22-18-14(17(21)25)8-24(23-18)16-9-27-5-4-11(16)7-20/h2*2-3,6-7,9,11,16H,4-5,10H2,1H3,(H2,23,27)(H,24,25);4-5,7,10,15H,2-3,8-9H2,1H3,(H2,22,26)(H,23,24);2-3,6,8,10-11,16,26H,4-5,9H2,1H3,(H2,21,25)(H,22,23)/t2*11-,16+;10-,15+;10?,11-,16+/m0011/s1. The SMILES string of the molecule is CB1C=C(Br)c2cc(Nc3nn([C@@H]4COCC[C@H]4C#N)cc3C(N)=O)ccc2O1.CB1C=C(Cl)c2cc(Nc3nn([C@@H]4COCC[C@H]4C#N)cc3C(N)=O)ccc2O1.CB1OCc2cc(Nc3nn([C@H]4COCC[C@@H]4C#N)cc3C(N)=O)cc(F)c21.CC1OB(O)c2ccc(Nc3nn([C@H]4COCC[C@@H]4C#N)cc3C(N)=O)cc21. The minimum Gasteiger partial charge on any atom is -0.556 e. The molecule has 33 nitrogen and oxygen atoms in total. The quantitative estimate of drug-likeness (QED) is 0.0413. The third-order valence-corrected chi connectivity index (χ3v) is 21.5. The van der Waals surface area contributed by atoms with Gasteiger partial charge in [0.05, 0.1) is 111 Å². The van der Waals surface area contributed by atoms with Crippen LogP contribution in [0.3, 0.4) is 0 Å². The number of nitriles is 4. The zero-order valence-corrected chi connectivity index (χ0v) is 64.5. The van der Waals surface area contributed by atoms with E-state index in [-0.39, 0.29) is 109 Å². The summed E-state index contributed by atoms with van der Waals surface area (Å²) in [5.41, 5.74) is 30.1. The topological polar surface area (TPSA) is 481 Å². The zero-order valence-electron chi connectivity index (χ0n) is 62.2. The number of anilines is 8. The van der Waals surface area contributed by atoms with Crippen LogP contribution >= 0.6 is 27.5 Å². The summed E-state index contributed by atoms with van der Waals surface area (Å²) >= 11 is 9.92. The average molecular weight is 1630 g/mol. The van der Waals surface area contributed by atoms with Crippen molar-refractivity contribution in [1.82, 2.24) is 39.1 Å². The lowest BCUT2D eigenvalue weighted by Crippen LogP contribution is -2.29. The third kappa shape index (κ3) is 17.8. The highest BCUT2D eigenvalue weighted by molar-refractivity contribution is 9.15. The molecular weight excluding hydrogens is 1550 g/mol. The van der Waals surface area contributed by atoms with Crippen molar-refractivity contribution in [3.63, 3.8) is 0 Å². The van der Waals surface area contributed by atoms with Crippen molar-refractivity contribution in [2.24, 2.45) is 46.6 Å². The summed E-state index contributed by atoms with van der Waals surface area (Å²) in [5.74, 6) is 2.53. The number of hydrogen-bond donors (Lipinski definition) is 9. The highest BCUT2D eigenvalue weighted by Crippen LogP contribution is 2.41. The molecule has 0 aliphatic carbocycles. The smallest absolute Gasteiger partial charge is 0.491 e. The fourth-order valence-corrected chi connectivity index (χ4v) is 15.5. The molecule has 9 atom stereocenters. The van der Waals surface area contributed by atoms with Crippen molar-refractivity contribution in [2.45, 2.75) is 90.0 Å². The molecule has 0 radical (unpaired) electrons. The van der Waals surface area contributed by atoms with Gasteiger partial charge in [-0.1, -0.05) is 52.4 Å². The van der Waals surface area contributed by atoms with Crippen LogP contribution in [-0.4, -0.2) is 148 Å². The predicted molar refractivity (Wildman–Crippen MR) is 425 cm³/mol. The van der Waals surface area contributed by atoms with Gasteiger partial charge in [0.1, 0.15) is 39.6 Å². The van der Waals surface area contributed by atoms with E-state index in [2.05, 4.69) is 81.9 Å². The van der Waals surface area contributed by atoms with Crippen LogP contribution in [0.15, 0.2) is 103 Å². The molecule has 12 heterocycles. The largest absolute Gasteiger partial charge is 0.556 e. The van der Waals surface area contributed by atoms with E-state index in [4.69, 9.17) is 72.1 Å². The summed E-state index contributed by atoms with van der Waals surface area (Å²) in [5, 5.41) is 78.4. The molecule has 8 aromatic rings. The van der Waals surface area contributed by atoms with Crippen LogP contribution in [0, 0.1) is 74.8 Å². The number of amides is 4. The number of nitrogens with one attached hydrogen (secondary N) is 4. The molecule has 4 aromatic carbocycles. The molecule has 40 heteroatoms. The number of primary amides is 4. The maximum atomic E-state index is 14.5. The first kappa shape index (κ1) is 80.6. The second-order valence-electron chi connectivity index (χ2n) is 28.2. The van der Waals surface area contributed by atoms with Gasteiger partial charge < -0.3 is 86.8 Å². The molecule has 13 N–H and O–H groups in total. The van der Waals surface area contributed by atoms with Gasteiger partial charge in [-0.15, -0.1) is 0 Å². The highest BCUT2D eigenvalue weighted by Gasteiger charge is 2.37. The van der Waals surface area contributed by atoms with E-state index in [1.807, 2.05) is 75.0 Å². The van der Waals surface area contributed by atoms with Gasteiger partial charge in [0.25, 0.3) is 23.6 Å². The van der Waals surface area contributed by atoms with Gasteiger partial charge in [0.2, 0.25) is 0 Å². The molecule has 4 saturated heterocycles. The first-order valence-corrected chi connectivity index (χ1v) is 37.9. The van der Waals surface area contributed by atoms with Crippen LogP contribution in [0.4, 0.5) is 50.4 Å². The number of nitrogens with two attached hydrogens (primary N) is 4. The average Bonchev–Trinajstić information content (AvgIpc) is 1.47. The molecule has 8 aliphatic heterocycles. The van der Waals surface area contributed by atoms with Gasteiger partial charge in [-0.3, -0.25) is 37.9 Å². The summed E-state index contributed by atoms with van der Waals surface area (Å²) < 4.78 is 66.1. The van der Waals surface area contributed by atoms with E-state index in [1.54, 1.807) is 57.7 Å². The molecular formula is C74H77B4BrClFN20O13. The maximum Gasteiger partial charge on any atom is 0.491 e. The number of hydrogen-bond acceptors (Lipinski definition) is 25. The highest BCUT2D eigenvalue weighted by atomic mass is 79.9. The fourth-order valence-electron chi connectivity index (χ4n) is 14.5. The van der Waals surface area contributed by atoms with E-state index in [1.165, 1.54) is 16.9 Å². The molecule has 4 amide bonds. The van der Waals surface area contributed by atoms with Crippen LogP contribution < -0.4 is 64.4 Å². The van der Waals surface area contributed by atoms with E-state index >= 15 is 0 Å². The fraction of sp³-hybridized carbons (Fsp3) is 0.351. The third-order valence-electron chi connectivity index (χ3n) is 20.5. The number of nitrogens with zero attached hydrogens (tertiary/aromatic N) is 12. The normalized spacial score (nSPS) is 21.7. The maximum absolute atomic E-state index is 14.5.